The number of aromatic nitrogens is 2. The molecule has 0 atom stereocenters. The summed E-state index contributed by atoms with van der Waals surface area (Å²) < 4.78 is 0. The molecule has 0 aliphatic carbocycles. The van der Waals surface area contributed by atoms with E-state index in [0.717, 1.165) is 22.5 Å². The first-order chi connectivity index (χ1) is 17.9. The highest BCUT2D eigenvalue weighted by Gasteiger charge is 2.16. The van der Waals surface area contributed by atoms with E-state index >= 15 is 0 Å². The molecule has 0 saturated heterocycles. The molecule has 7 aromatic rings. The number of rotatable bonds is 3. The number of fused-ring (bicyclic) bond motifs is 6. The van der Waals surface area contributed by atoms with Gasteiger partial charge in [-0.2, -0.15) is 0 Å². The second kappa shape index (κ2) is 8.44. The van der Waals surface area contributed by atoms with Crippen molar-refractivity contribution < 1.29 is 0 Å². The van der Waals surface area contributed by atoms with E-state index in [4.69, 9.17) is 4.98 Å². The average Bonchev–Trinajstić information content (AvgIpc) is 2.97. The lowest BCUT2D eigenvalue weighted by Crippen LogP contribution is -1.93. The highest BCUT2D eigenvalue weighted by Crippen LogP contribution is 2.42. The van der Waals surface area contributed by atoms with Crippen LogP contribution in [0.25, 0.3) is 66.0 Å². The van der Waals surface area contributed by atoms with Gasteiger partial charge in [-0.05, 0) is 49.5 Å². The summed E-state index contributed by atoms with van der Waals surface area (Å²) >= 11 is 0. The quantitative estimate of drug-likeness (QED) is 0.247. The summed E-state index contributed by atoms with van der Waals surface area (Å²) in [5.41, 5.74) is 6.40. The molecular weight excluding hydrogens is 436 g/mol. The molecule has 0 amide bonds. The lowest BCUT2D eigenvalue weighted by atomic mass is 9.87. The van der Waals surface area contributed by atoms with Crippen molar-refractivity contribution in [3.8, 4) is 33.6 Å². The zero-order chi connectivity index (χ0) is 23.9. The van der Waals surface area contributed by atoms with Crippen LogP contribution in [-0.4, -0.2) is 9.97 Å². The molecule has 0 radical (unpaired) electrons. The molecule has 36 heavy (non-hydrogen) atoms. The highest BCUT2D eigenvalue weighted by molar-refractivity contribution is 6.28. The second-order valence-corrected chi connectivity index (χ2v) is 9.02. The molecule has 0 aliphatic heterocycles. The summed E-state index contributed by atoms with van der Waals surface area (Å²) in [6, 6.07) is 45.0. The zero-order valence-corrected chi connectivity index (χ0v) is 19.6. The first kappa shape index (κ1) is 20.5. The smallest absolute Gasteiger partial charge is 0.116 e. The van der Waals surface area contributed by atoms with Gasteiger partial charge in [-0.25, -0.2) is 9.97 Å². The molecule has 0 unspecified atom stereocenters. The first-order valence-electron chi connectivity index (χ1n) is 12.2. The van der Waals surface area contributed by atoms with Crippen molar-refractivity contribution in [2.75, 3.05) is 0 Å². The van der Waals surface area contributed by atoms with Gasteiger partial charge in [0.2, 0.25) is 0 Å². The molecular formula is C34H22N2. The van der Waals surface area contributed by atoms with Gasteiger partial charge in [0.05, 0.1) is 11.4 Å². The van der Waals surface area contributed by atoms with Crippen LogP contribution in [0.1, 0.15) is 0 Å². The van der Waals surface area contributed by atoms with E-state index in [1.807, 2.05) is 18.2 Å². The highest BCUT2D eigenvalue weighted by atomic mass is 14.8. The molecule has 6 aromatic carbocycles. The summed E-state index contributed by atoms with van der Waals surface area (Å²) in [7, 11) is 0. The minimum Gasteiger partial charge on any atom is -0.236 e. The predicted molar refractivity (Wildman–Crippen MR) is 151 cm³/mol. The summed E-state index contributed by atoms with van der Waals surface area (Å²) in [5, 5.41) is 7.65. The van der Waals surface area contributed by atoms with Gasteiger partial charge in [0.1, 0.15) is 6.33 Å². The zero-order valence-electron chi connectivity index (χ0n) is 19.6. The Labute approximate surface area is 209 Å². The van der Waals surface area contributed by atoms with E-state index < -0.39 is 0 Å². The maximum atomic E-state index is 4.70. The average molecular weight is 459 g/mol. The summed E-state index contributed by atoms with van der Waals surface area (Å²) in [6.45, 7) is 0. The Morgan fingerprint density at radius 1 is 0.361 bits per heavy atom. The number of benzene rings is 6. The molecule has 2 heteroatoms. The molecule has 1 aromatic heterocycles. The van der Waals surface area contributed by atoms with Crippen molar-refractivity contribution in [3.63, 3.8) is 0 Å². The van der Waals surface area contributed by atoms with E-state index in [1.165, 1.54) is 43.4 Å². The molecule has 168 valence electrons. The van der Waals surface area contributed by atoms with Crippen molar-refractivity contribution in [2.24, 2.45) is 0 Å². The third-order valence-corrected chi connectivity index (χ3v) is 7.00. The van der Waals surface area contributed by atoms with Gasteiger partial charge in [-0.15, -0.1) is 0 Å². The molecule has 7 rings (SSSR count). The fraction of sp³-hybridized carbons (Fsp3) is 0. The van der Waals surface area contributed by atoms with Crippen LogP contribution >= 0.6 is 0 Å². The third-order valence-electron chi connectivity index (χ3n) is 7.00. The maximum Gasteiger partial charge on any atom is 0.116 e. The molecule has 0 N–H and O–H groups in total. The predicted octanol–water partition coefficient (Wildman–Crippen LogP) is 8.94. The standard InChI is InChI=1S/C34H22N2/c1-2-11-23(12-3-1)32-21-33(36-22-35-32)28-17-8-6-16-27(28)31-20-10-19-30-26-14-5-4-13-24(26)25-15-7-9-18-29(25)34(30)31/h1-22H. The van der Waals surface area contributed by atoms with Crippen LogP contribution in [0.2, 0.25) is 0 Å². The van der Waals surface area contributed by atoms with Gasteiger partial charge in [-0.1, -0.05) is 121 Å². The van der Waals surface area contributed by atoms with Gasteiger partial charge in [-0.3, -0.25) is 0 Å². The topological polar surface area (TPSA) is 25.8 Å². The van der Waals surface area contributed by atoms with E-state index in [-0.39, 0.29) is 0 Å². The maximum absolute atomic E-state index is 4.70. The Kier molecular flexibility index (Phi) is 4.82. The number of hydrogen-bond donors (Lipinski definition) is 0. The summed E-state index contributed by atoms with van der Waals surface area (Å²) in [5.74, 6) is 0. The Morgan fingerprint density at radius 3 is 1.58 bits per heavy atom. The van der Waals surface area contributed by atoms with Gasteiger partial charge in [0.25, 0.3) is 0 Å². The van der Waals surface area contributed by atoms with Crippen molar-refractivity contribution in [1.82, 2.24) is 9.97 Å². The lowest BCUT2D eigenvalue weighted by Gasteiger charge is -2.16. The normalized spacial score (nSPS) is 11.3. The largest absolute Gasteiger partial charge is 0.236 e. The van der Waals surface area contributed by atoms with Crippen LogP contribution in [0.4, 0.5) is 0 Å². The summed E-state index contributed by atoms with van der Waals surface area (Å²) in [6.07, 6.45) is 1.67. The SMILES string of the molecule is c1ccc(-c2cc(-c3ccccc3-c3cccc4c5ccccc5c5ccccc5c34)ncn2)cc1. The van der Waals surface area contributed by atoms with Crippen LogP contribution in [0.5, 0.6) is 0 Å². The molecule has 0 aliphatic rings. The van der Waals surface area contributed by atoms with E-state index in [0.29, 0.717) is 0 Å². The molecule has 0 fully saturated rings. The van der Waals surface area contributed by atoms with Gasteiger partial charge in [0, 0.05) is 11.1 Å². The second-order valence-electron chi connectivity index (χ2n) is 9.02. The van der Waals surface area contributed by atoms with Crippen LogP contribution in [0.3, 0.4) is 0 Å². The van der Waals surface area contributed by atoms with Crippen LogP contribution in [-0.2, 0) is 0 Å². The van der Waals surface area contributed by atoms with Crippen molar-refractivity contribution in [3.05, 3.63) is 134 Å². The van der Waals surface area contributed by atoms with Gasteiger partial charge >= 0.3 is 0 Å². The minimum atomic E-state index is 0.918. The van der Waals surface area contributed by atoms with E-state index in [9.17, 15) is 0 Å². The Bertz CT molecular complexity index is 1840. The van der Waals surface area contributed by atoms with Gasteiger partial charge in [0.15, 0.2) is 0 Å². The van der Waals surface area contributed by atoms with Crippen LogP contribution < -0.4 is 0 Å². The minimum absolute atomic E-state index is 0.918. The fourth-order valence-electron chi connectivity index (χ4n) is 5.39. The Balaban J connectivity index is 1.53. The number of nitrogens with zero attached hydrogens (tertiary/aromatic N) is 2. The molecule has 0 saturated carbocycles. The first-order valence-corrected chi connectivity index (χ1v) is 12.2. The Hall–Kier alpha value is -4.82. The fourth-order valence-corrected chi connectivity index (χ4v) is 5.39. The summed E-state index contributed by atoms with van der Waals surface area (Å²) in [4.78, 5) is 9.25. The van der Waals surface area contributed by atoms with Crippen LogP contribution in [0.15, 0.2) is 134 Å². The lowest BCUT2D eigenvalue weighted by molar-refractivity contribution is 1.18. The van der Waals surface area contributed by atoms with Crippen LogP contribution in [0, 0.1) is 0 Å². The van der Waals surface area contributed by atoms with E-state index in [2.05, 4.69) is 114 Å². The molecule has 0 bridgehead atoms. The van der Waals surface area contributed by atoms with Crippen molar-refractivity contribution in [1.29, 1.82) is 0 Å². The van der Waals surface area contributed by atoms with Crippen molar-refractivity contribution >= 4 is 32.3 Å². The third kappa shape index (κ3) is 3.27. The number of hydrogen-bond acceptors (Lipinski definition) is 2. The monoisotopic (exact) mass is 458 g/mol. The Morgan fingerprint density at radius 2 is 0.861 bits per heavy atom. The van der Waals surface area contributed by atoms with E-state index in [1.54, 1.807) is 6.33 Å². The van der Waals surface area contributed by atoms with Crippen molar-refractivity contribution in [2.45, 2.75) is 0 Å². The molecule has 1 heterocycles. The van der Waals surface area contributed by atoms with Gasteiger partial charge < -0.3 is 0 Å². The molecule has 0 spiro atoms. The molecule has 2 nitrogen and oxygen atoms in total.